The zero-order chi connectivity index (χ0) is 36.5. The maximum absolute atomic E-state index is 7.17. The van der Waals surface area contributed by atoms with E-state index in [1.807, 2.05) is 0 Å². The SMILES string of the molecule is CC(C)(C)c1nc2cc3c(c4c2n1-c1ccc2c5c1B4c1cccc4c1N5c1c(cccc1C41c4ccccc4-c4ccccc41)O2)C1(C)CCC3(C)CC1. The molecule has 4 aliphatic heterocycles. The third-order valence-corrected chi connectivity index (χ3v) is 15.4. The van der Waals surface area contributed by atoms with Crippen LogP contribution in [0.25, 0.3) is 27.8 Å². The lowest BCUT2D eigenvalue weighted by molar-refractivity contribution is 0.189. The number of para-hydroxylation sites is 2. The minimum absolute atomic E-state index is 0.0461. The van der Waals surface area contributed by atoms with Gasteiger partial charge in [-0.2, -0.15) is 0 Å². The number of anilines is 3. The topological polar surface area (TPSA) is 30.3 Å². The second kappa shape index (κ2) is 8.94. The lowest BCUT2D eigenvalue weighted by Gasteiger charge is -2.55. The first-order valence-corrected chi connectivity index (χ1v) is 20.4. The molecule has 8 aliphatic rings. The van der Waals surface area contributed by atoms with E-state index in [1.54, 1.807) is 11.1 Å². The number of imidazole rings is 1. The summed E-state index contributed by atoms with van der Waals surface area (Å²) < 4.78 is 9.75. The number of ether oxygens (including phenoxy) is 1. The van der Waals surface area contributed by atoms with E-state index >= 15 is 0 Å². The number of nitrogens with zero attached hydrogens (tertiary/aromatic N) is 3. The van der Waals surface area contributed by atoms with Crippen LogP contribution in [0, 0.1) is 0 Å². The van der Waals surface area contributed by atoms with Crippen molar-refractivity contribution in [2.45, 2.75) is 82.0 Å². The maximum atomic E-state index is 7.17. The van der Waals surface area contributed by atoms with E-state index in [4.69, 9.17) is 9.72 Å². The van der Waals surface area contributed by atoms with Gasteiger partial charge >= 0.3 is 0 Å². The van der Waals surface area contributed by atoms with Gasteiger partial charge in [-0.25, -0.2) is 4.98 Å². The second-order valence-electron chi connectivity index (χ2n) is 19.2. The summed E-state index contributed by atoms with van der Waals surface area (Å²) in [4.78, 5) is 8.28. The van der Waals surface area contributed by atoms with Crippen LogP contribution in [0.3, 0.4) is 0 Å². The average Bonchev–Trinajstić information content (AvgIpc) is 3.73. The van der Waals surface area contributed by atoms with Crippen molar-refractivity contribution in [3.63, 3.8) is 0 Å². The van der Waals surface area contributed by atoms with Crippen LogP contribution in [0.1, 0.15) is 99.5 Å². The smallest absolute Gasteiger partial charge is 0.252 e. The summed E-state index contributed by atoms with van der Waals surface area (Å²) in [5, 5.41) is 0. The predicted octanol–water partition coefficient (Wildman–Crippen LogP) is 9.82. The highest BCUT2D eigenvalue weighted by Crippen LogP contribution is 2.67. The van der Waals surface area contributed by atoms with Crippen LogP contribution in [0.4, 0.5) is 17.1 Å². The quantitative estimate of drug-likeness (QED) is 0.147. The molecule has 7 aromatic rings. The molecule has 5 heterocycles. The third kappa shape index (κ3) is 3.04. The van der Waals surface area contributed by atoms with Crippen LogP contribution in [-0.4, -0.2) is 16.3 Å². The third-order valence-electron chi connectivity index (χ3n) is 15.4. The van der Waals surface area contributed by atoms with Gasteiger partial charge in [0.1, 0.15) is 5.82 Å². The molecule has 264 valence electrons. The first kappa shape index (κ1) is 29.8. The van der Waals surface area contributed by atoms with Gasteiger partial charge in [0.25, 0.3) is 6.71 Å². The molecule has 6 aromatic carbocycles. The molecule has 1 aromatic heterocycles. The molecule has 0 radical (unpaired) electrons. The Morgan fingerprint density at radius 3 is 2.00 bits per heavy atom. The van der Waals surface area contributed by atoms with E-state index in [0.29, 0.717) is 0 Å². The van der Waals surface area contributed by atoms with Crippen molar-refractivity contribution in [3.05, 3.63) is 142 Å². The van der Waals surface area contributed by atoms with Gasteiger partial charge in [-0.3, -0.25) is 4.57 Å². The van der Waals surface area contributed by atoms with E-state index in [2.05, 4.69) is 147 Å². The zero-order valence-corrected chi connectivity index (χ0v) is 32.0. The summed E-state index contributed by atoms with van der Waals surface area (Å²) in [5.74, 6) is 3.01. The Morgan fingerprint density at radius 2 is 1.27 bits per heavy atom. The van der Waals surface area contributed by atoms with Gasteiger partial charge in [-0.15, -0.1) is 0 Å². The van der Waals surface area contributed by atoms with Gasteiger partial charge in [0.15, 0.2) is 11.5 Å². The Bertz CT molecular complexity index is 2960. The molecule has 5 heteroatoms. The molecule has 1 saturated carbocycles. The molecular weight excluding hydrogens is 669 g/mol. The molecule has 15 rings (SSSR count). The monoisotopic (exact) mass is 709 g/mol. The summed E-state index contributed by atoms with van der Waals surface area (Å²) in [6.07, 6.45) is 4.96. The molecule has 0 saturated heterocycles. The highest BCUT2D eigenvalue weighted by molar-refractivity contribution is 7.00. The highest BCUT2D eigenvalue weighted by Gasteiger charge is 2.59. The fourth-order valence-electron chi connectivity index (χ4n) is 13.0. The van der Waals surface area contributed by atoms with Crippen molar-refractivity contribution in [2.75, 3.05) is 4.90 Å². The van der Waals surface area contributed by atoms with Crippen molar-refractivity contribution in [1.29, 1.82) is 0 Å². The van der Waals surface area contributed by atoms with Gasteiger partial charge in [-0.1, -0.05) is 113 Å². The number of hydrogen-bond acceptors (Lipinski definition) is 3. The molecule has 4 nitrogen and oxygen atoms in total. The van der Waals surface area contributed by atoms with Gasteiger partial charge < -0.3 is 9.64 Å². The van der Waals surface area contributed by atoms with Crippen LogP contribution in [0.2, 0.25) is 0 Å². The van der Waals surface area contributed by atoms with E-state index in [-0.39, 0.29) is 23.0 Å². The normalized spacial score (nSPS) is 22.7. The van der Waals surface area contributed by atoms with Crippen LogP contribution in [-0.2, 0) is 21.7 Å². The zero-order valence-electron chi connectivity index (χ0n) is 32.0. The minimum Gasteiger partial charge on any atom is -0.453 e. The van der Waals surface area contributed by atoms with E-state index in [1.165, 1.54) is 104 Å². The number of aromatic nitrogens is 2. The number of benzene rings is 6. The van der Waals surface area contributed by atoms with Crippen LogP contribution >= 0.6 is 0 Å². The second-order valence-corrected chi connectivity index (χ2v) is 19.2. The lowest BCUT2D eigenvalue weighted by Crippen LogP contribution is -2.65. The van der Waals surface area contributed by atoms with Gasteiger partial charge in [0.05, 0.1) is 27.8 Å². The van der Waals surface area contributed by atoms with Gasteiger partial charge in [0.2, 0.25) is 0 Å². The molecule has 0 unspecified atom stereocenters. The summed E-state index contributed by atoms with van der Waals surface area (Å²) >= 11 is 0. The van der Waals surface area contributed by atoms with Crippen LogP contribution in [0.5, 0.6) is 11.5 Å². The van der Waals surface area contributed by atoms with E-state index < -0.39 is 5.41 Å². The summed E-state index contributed by atoms with van der Waals surface area (Å²) in [6.45, 7) is 12.2. The predicted molar refractivity (Wildman–Crippen MR) is 223 cm³/mol. The minimum atomic E-state index is -0.490. The van der Waals surface area contributed by atoms with Crippen molar-refractivity contribution < 1.29 is 4.74 Å². The van der Waals surface area contributed by atoms with Gasteiger partial charge in [0, 0.05) is 16.8 Å². The Labute approximate surface area is 321 Å². The molecule has 55 heavy (non-hydrogen) atoms. The van der Waals surface area contributed by atoms with E-state index in [0.717, 1.165) is 22.8 Å². The standard InChI is InChI=1S/C50H40BN3O/c1-47(2,3)46-52-35-26-33-39(49(5)24-22-48(33,4)23-25-49)41-44(35)53(46)36-20-21-38-45-40(36)51(41)34-18-10-16-31-42(34)54(45)43-32(17-11-19-37(43)55-38)50(31)29-14-8-6-12-27(29)28-13-7-9-15-30(28)50/h6-21,26H,22-25H2,1-5H3. The summed E-state index contributed by atoms with van der Waals surface area (Å²) in [5.41, 5.74) is 22.5. The average molecular weight is 710 g/mol. The first-order valence-electron chi connectivity index (χ1n) is 20.4. The first-order chi connectivity index (χ1) is 26.6. The molecule has 0 amide bonds. The van der Waals surface area contributed by atoms with Crippen molar-refractivity contribution in [2.24, 2.45) is 0 Å². The Hall–Kier alpha value is -5.55. The Kier molecular flexibility index (Phi) is 4.84. The van der Waals surface area contributed by atoms with Gasteiger partial charge in [-0.05, 0) is 122 Å². The Morgan fingerprint density at radius 1 is 0.636 bits per heavy atom. The van der Waals surface area contributed by atoms with Crippen molar-refractivity contribution in [1.82, 2.24) is 9.55 Å². The molecule has 0 N–H and O–H groups in total. The fraction of sp³-hybridized carbons (Fsp3) is 0.260. The van der Waals surface area contributed by atoms with Crippen molar-refractivity contribution >= 4 is 51.2 Å². The largest absolute Gasteiger partial charge is 0.453 e. The number of fused-ring (bicyclic) bond motifs is 12. The van der Waals surface area contributed by atoms with E-state index in [9.17, 15) is 0 Å². The molecule has 1 spiro atoms. The molecule has 0 atom stereocenters. The number of rotatable bonds is 0. The Balaban J connectivity index is 1.20. The number of hydrogen-bond donors (Lipinski definition) is 0. The lowest BCUT2D eigenvalue weighted by atomic mass is 9.31. The molecule has 4 aliphatic carbocycles. The summed E-state index contributed by atoms with van der Waals surface area (Å²) in [7, 11) is 0. The van der Waals surface area contributed by atoms with Crippen LogP contribution < -0.4 is 26.0 Å². The fourth-order valence-corrected chi connectivity index (χ4v) is 13.0. The van der Waals surface area contributed by atoms with Crippen molar-refractivity contribution in [3.8, 4) is 28.3 Å². The molecule has 1 fully saturated rings. The summed E-state index contributed by atoms with van der Waals surface area (Å²) in [6, 6.07) is 39.5. The highest BCUT2D eigenvalue weighted by atomic mass is 16.5. The molecular formula is C50H40BN3O. The maximum Gasteiger partial charge on any atom is 0.252 e. The van der Waals surface area contributed by atoms with Crippen LogP contribution in [0.15, 0.2) is 103 Å². The molecule has 2 bridgehead atoms.